The number of fused-ring (bicyclic) bond motifs is 1. The van der Waals surface area contributed by atoms with Crippen molar-refractivity contribution in [1.82, 2.24) is 5.43 Å². The van der Waals surface area contributed by atoms with E-state index >= 15 is 0 Å². The maximum atomic E-state index is 12.2. The van der Waals surface area contributed by atoms with E-state index in [0.717, 1.165) is 0 Å². The molecule has 0 radical (unpaired) electrons. The summed E-state index contributed by atoms with van der Waals surface area (Å²) in [6.45, 7) is -0.506. The average Bonchev–Trinajstić information content (AvgIpc) is 2.66. The zero-order valence-electron chi connectivity index (χ0n) is 13.6. The van der Waals surface area contributed by atoms with E-state index in [1.165, 1.54) is 6.21 Å². The molecule has 0 aliphatic carbocycles. The summed E-state index contributed by atoms with van der Waals surface area (Å²) in [5.41, 5.74) is 2.87. The van der Waals surface area contributed by atoms with Crippen molar-refractivity contribution in [3.05, 3.63) is 54.1 Å². The zero-order chi connectivity index (χ0) is 18.4. The lowest BCUT2D eigenvalue weighted by atomic mass is 10.2. The molecule has 134 valence electrons. The Morgan fingerprint density at radius 2 is 1.92 bits per heavy atom. The van der Waals surface area contributed by atoms with Gasteiger partial charge in [0.1, 0.15) is 19.0 Å². The van der Waals surface area contributed by atoms with E-state index in [-0.39, 0.29) is 6.61 Å². The maximum Gasteiger partial charge on any atom is 0.284 e. The molecule has 1 aliphatic heterocycles. The van der Waals surface area contributed by atoms with Crippen molar-refractivity contribution in [2.24, 2.45) is 5.10 Å². The van der Waals surface area contributed by atoms with Crippen molar-refractivity contribution in [2.75, 3.05) is 13.2 Å². The topological polar surface area (TPSA) is 109 Å². The first-order valence-electron chi connectivity index (χ1n) is 7.76. The lowest BCUT2D eigenvalue weighted by Gasteiger charge is -2.24. The number of hydrogen-bond donors (Lipinski definition) is 1. The van der Waals surface area contributed by atoms with Crippen LogP contribution in [-0.2, 0) is 9.59 Å². The molecule has 0 aromatic heterocycles. The Morgan fingerprint density at radius 3 is 2.73 bits per heavy atom. The number of ether oxygens (including phenoxy) is 3. The molecule has 0 unspecified atom stereocenters. The van der Waals surface area contributed by atoms with E-state index < -0.39 is 24.6 Å². The third-order valence-corrected chi connectivity index (χ3v) is 3.44. The molecule has 2 aromatic rings. The van der Waals surface area contributed by atoms with Crippen molar-refractivity contribution in [3.8, 4) is 17.2 Å². The molecule has 1 aliphatic rings. The molecule has 1 heterocycles. The predicted molar refractivity (Wildman–Crippen MR) is 89.0 cm³/mol. The molecule has 0 bridgehead atoms. The Hall–Kier alpha value is -3.55. The molecule has 1 atom stereocenters. The molecule has 0 spiro atoms. The number of carbonyl (C=O) groups excluding carboxylic acids is 2. The van der Waals surface area contributed by atoms with Crippen LogP contribution < -0.4 is 24.7 Å². The number of hydrogen-bond acceptors (Lipinski definition) is 7. The summed E-state index contributed by atoms with van der Waals surface area (Å²) in [5.74, 6) is -0.424. The minimum absolute atomic E-state index is 0.0731. The van der Waals surface area contributed by atoms with E-state index in [2.05, 4.69) is 10.5 Å². The summed E-state index contributed by atoms with van der Waals surface area (Å²) < 4.78 is 16.2. The second kappa shape index (κ2) is 8.02. The zero-order valence-corrected chi connectivity index (χ0v) is 13.6. The van der Waals surface area contributed by atoms with E-state index in [9.17, 15) is 14.7 Å². The van der Waals surface area contributed by atoms with Crippen LogP contribution in [-0.4, -0.2) is 37.4 Å². The van der Waals surface area contributed by atoms with Gasteiger partial charge in [-0.25, -0.2) is 5.43 Å². The van der Waals surface area contributed by atoms with E-state index in [1.807, 2.05) is 6.07 Å². The highest BCUT2D eigenvalue weighted by atomic mass is 16.6. The number of carboxylic acids is 1. The quantitative estimate of drug-likeness (QED) is 0.582. The van der Waals surface area contributed by atoms with Crippen LogP contribution in [0.4, 0.5) is 0 Å². The van der Waals surface area contributed by atoms with Gasteiger partial charge >= 0.3 is 0 Å². The van der Waals surface area contributed by atoms with Crippen LogP contribution in [0.3, 0.4) is 0 Å². The fraction of sp³-hybridized carbons (Fsp3) is 0.167. The van der Waals surface area contributed by atoms with Gasteiger partial charge in [-0.15, -0.1) is 0 Å². The van der Waals surface area contributed by atoms with Gasteiger partial charge in [0.2, 0.25) is 6.10 Å². The third kappa shape index (κ3) is 4.29. The first-order valence-corrected chi connectivity index (χ1v) is 7.76. The third-order valence-electron chi connectivity index (χ3n) is 3.44. The van der Waals surface area contributed by atoms with Crippen LogP contribution in [0.1, 0.15) is 5.56 Å². The lowest BCUT2D eigenvalue weighted by Crippen LogP contribution is -2.42. The summed E-state index contributed by atoms with van der Waals surface area (Å²) in [6.07, 6.45) is 0.520. The van der Waals surface area contributed by atoms with Gasteiger partial charge in [-0.05, 0) is 24.3 Å². The molecular weight excluding hydrogens is 340 g/mol. The Kier molecular flexibility index (Phi) is 5.33. The number of carboxylic acid groups (broad SMARTS) is 1. The number of rotatable bonds is 6. The number of aliphatic carboxylic acids is 1. The minimum Gasteiger partial charge on any atom is -0.546 e. The van der Waals surface area contributed by atoms with Crippen LogP contribution in [0.25, 0.3) is 0 Å². The van der Waals surface area contributed by atoms with Gasteiger partial charge in [-0.2, -0.15) is 5.10 Å². The van der Waals surface area contributed by atoms with Gasteiger partial charge in [-0.1, -0.05) is 24.3 Å². The summed E-state index contributed by atoms with van der Waals surface area (Å²) in [4.78, 5) is 22.6. The first kappa shape index (κ1) is 17.3. The average molecular weight is 355 g/mol. The molecule has 1 N–H and O–H groups in total. The van der Waals surface area contributed by atoms with Crippen LogP contribution in [0.5, 0.6) is 17.2 Å². The number of hydrazone groups is 1. The summed E-state index contributed by atoms with van der Waals surface area (Å²) in [6, 6.07) is 13.7. The summed E-state index contributed by atoms with van der Waals surface area (Å²) in [5, 5.41) is 14.4. The van der Waals surface area contributed by atoms with Crippen molar-refractivity contribution in [1.29, 1.82) is 0 Å². The smallest absolute Gasteiger partial charge is 0.284 e. The minimum atomic E-state index is -1.33. The molecule has 1 amide bonds. The molecule has 3 rings (SSSR count). The first-order chi connectivity index (χ1) is 12.6. The number of nitrogens with one attached hydrogen (secondary N) is 1. The molecule has 8 nitrogen and oxygen atoms in total. The fourth-order valence-electron chi connectivity index (χ4n) is 2.24. The maximum absolute atomic E-state index is 12.2. The Bertz CT molecular complexity index is 836. The summed E-state index contributed by atoms with van der Waals surface area (Å²) >= 11 is 0. The molecule has 0 fully saturated rings. The van der Waals surface area contributed by atoms with Gasteiger partial charge in [0, 0.05) is 5.56 Å². The van der Waals surface area contributed by atoms with Crippen LogP contribution in [0.2, 0.25) is 0 Å². The molecule has 0 saturated heterocycles. The summed E-state index contributed by atoms with van der Waals surface area (Å²) in [7, 11) is 0. The second-order valence-corrected chi connectivity index (χ2v) is 5.30. The van der Waals surface area contributed by atoms with Crippen molar-refractivity contribution in [2.45, 2.75) is 6.10 Å². The Balaban J connectivity index is 1.59. The van der Waals surface area contributed by atoms with Gasteiger partial charge < -0.3 is 24.1 Å². The van der Waals surface area contributed by atoms with Crippen molar-refractivity contribution < 1.29 is 28.9 Å². The normalized spacial score (nSPS) is 15.5. The highest BCUT2D eigenvalue weighted by Gasteiger charge is 2.26. The van der Waals surface area contributed by atoms with Crippen molar-refractivity contribution >= 4 is 18.1 Å². The van der Waals surface area contributed by atoms with Crippen molar-refractivity contribution in [3.63, 3.8) is 0 Å². The van der Waals surface area contributed by atoms with Gasteiger partial charge in [-0.3, -0.25) is 4.79 Å². The van der Waals surface area contributed by atoms with E-state index in [0.29, 0.717) is 22.8 Å². The van der Waals surface area contributed by atoms with Gasteiger partial charge in [0.15, 0.2) is 11.5 Å². The largest absolute Gasteiger partial charge is 0.546 e. The van der Waals surface area contributed by atoms with E-state index in [4.69, 9.17) is 14.2 Å². The molecule has 0 saturated carbocycles. The molecule has 8 heteroatoms. The Labute approximate surface area is 149 Å². The number of carbonyl (C=O) groups is 2. The van der Waals surface area contributed by atoms with Crippen LogP contribution >= 0.6 is 0 Å². The number of benzene rings is 2. The Morgan fingerprint density at radius 1 is 1.19 bits per heavy atom. The SMILES string of the molecule is O=C([O-])COc1ccccc1/C=N\NC(=O)[C@@H]1COc2ccccc2O1. The highest BCUT2D eigenvalue weighted by Crippen LogP contribution is 2.30. The molecular formula is C18H15N2O6-. The van der Waals surface area contributed by atoms with Crippen LogP contribution in [0.15, 0.2) is 53.6 Å². The fourth-order valence-corrected chi connectivity index (χ4v) is 2.24. The van der Waals surface area contributed by atoms with Gasteiger partial charge in [0.05, 0.1) is 12.2 Å². The van der Waals surface area contributed by atoms with E-state index in [1.54, 1.807) is 42.5 Å². The highest BCUT2D eigenvalue weighted by molar-refractivity contribution is 5.86. The monoisotopic (exact) mass is 355 g/mol. The lowest BCUT2D eigenvalue weighted by molar-refractivity contribution is -0.307. The standard InChI is InChI=1S/C18H16N2O6/c21-17(22)11-25-13-6-2-1-5-12(13)9-19-20-18(23)16-10-24-14-7-3-4-8-15(14)26-16/h1-9,16H,10-11H2,(H,20,23)(H,21,22)/p-1/b19-9-/t16-/m0/s1. The molecule has 2 aromatic carbocycles. The molecule has 26 heavy (non-hydrogen) atoms. The predicted octanol–water partition coefficient (Wildman–Crippen LogP) is 0.105. The van der Waals surface area contributed by atoms with Gasteiger partial charge in [0.25, 0.3) is 5.91 Å². The number of amides is 1. The number of para-hydroxylation sites is 3. The number of nitrogens with zero attached hydrogens (tertiary/aromatic N) is 1. The second-order valence-electron chi connectivity index (χ2n) is 5.30. The van der Waals surface area contributed by atoms with Crippen LogP contribution in [0, 0.1) is 0 Å².